The van der Waals surface area contributed by atoms with Crippen LogP contribution in [0.4, 0.5) is 0 Å². The van der Waals surface area contributed by atoms with Crippen molar-refractivity contribution in [3.63, 3.8) is 0 Å². The monoisotopic (exact) mass is 399 g/mol. The topological polar surface area (TPSA) is 73.9 Å². The first-order valence-electron chi connectivity index (χ1n) is 9.01. The zero-order valence-corrected chi connectivity index (χ0v) is 16.3. The first kappa shape index (κ1) is 18.6. The number of sulfonamides is 1. The first-order valence-corrected chi connectivity index (χ1v) is 10.5. The van der Waals surface area contributed by atoms with E-state index in [2.05, 4.69) is 4.72 Å². The molecular formula is C21H21NO5S. The lowest BCUT2D eigenvalue weighted by atomic mass is 10.1. The quantitative estimate of drug-likeness (QED) is 0.711. The molecule has 0 radical (unpaired) electrons. The van der Waals surface area contributed by atoms with Gasteiger partial charge in [-0.05, 0) is 46.7 Å². The van der Waals surface area contributed by atoms with Crippen molar-refractivity contribution in [1.29, 1.82) is 0 Å². The summed E-state index contributed by atoms with van der Waals surface area (Å²) in [5, 5.41) is 2.06. The largest absolute Gasteiger partial charge is 0.497 e. The van der Waals surface area contributed by atoms with E-state index in [-0.39, 0.29) is 11.4 Å². The molecule has 0 amide bonds. The van der Waals surface area contributed by atoms with Gasteiger partial charge in [0.05, 0.1) is 25.2 Å². The predicted molar refractivity (Wildman–Crippen MR) is 107 cm³/mol. The van der Waals surface area contributed by atoms with Crippen molar-refractivity contribution in [3.05, 3.63) is 60.2 Å². The molecule has 0 aliphatic carbocycles. The summed E-state index contributed by atoms with van der Waals surface area (Å²) in [4.78, 5) is 0.155. The molecule has 0 spiro atoms. The second kappa shape index (κ2) is 7.69. The van der Waals surface area contributed by atoms with E-state index >= 15 is 0 Å². The molecule has 146 valence electrons. The van der Waals surface area contributed by atoms with Crippen molar-refractivity contribution in [1.82, 2.24) is 4.72 Å². The Labute approximate surface area is 164 Å². The van der Waals surface area contributed by atoms with Crippen LogP contribution in [0.1, 0.15) is 12.0 Å². The Balaban J connectivity index is 1.52. The Hall–Kier alpha value is -2.77. The molecule has 3 aromatic rings. The molecule has 28 heavy (non-hydrogen) atoms. The highest BCUT2D eigenvalue weighted by Crippen LogP contribution is 2.32. The number of hydrogen-bond donors (Lipinski definition) is 1. The summed E-state index contributed by atoms with van der Waals surface area (Å²) in [7, 11) is -2.04. The lowest BCUT2D eigenvalue weighted by molar-refractivity contribution is 0.297. The summed E-state index contributed by atoms with van der Waals surface area (Å²) in [6.07, 6.45) is 0.767. The lowest BCUT2D eigenvalue weighted by Crippen LogP contribution is -2.23. The van der Waals surface area contributed by atoms with Gasteiger partial charge in [-0.25, -0.2) is 13.1 Å². The molecule has 0 bridgehead atoms. The molecule has 7 heteroatoms. The van der Waals surface area contributed by atoms with Gasteiger partial charge < -0.3 is 14.2 Å². The van der Waals surface area contributed by atoms with E-state index in [0.717, 1.165) is 28.5 Å². The third-order valence-electron chi connectivity index (χ3n) is 4.61. The number of benzene rings is 3. The molecule has 1 aliphatic heterocycles. The molecule has 1 N–H and O–H groups in total. The molecule has 0 unspecified atom stereocenters. The Morgan fingerprint density at radius 2 is 1.68 bits per heavy atom. The number of fused-ring (bicyclic) bond motifs is 2. The van der Waals surface area contributed by atoms with Crippen LogP contribution >= 0.6 is 0 Å². The van der Waals surface area contributed by atoms with E-state index in [1.165, 1.54) is 12.1 Å². The molecule has 0 aromatic heterocycles. The van der Waals surface area contributed by atoms with Crippen LogP contribution in [0.3, 0.4) is 0 Å². The third kappa shape index (κ3) is 3.90. The van der Waals surface area contributed by atoms with Crippen LogP contribution in [0.15, 0.2) is 59.5 Å². The molecule has 0 saturated carbocycles. The summed E-state index contributed by atoms with van der Waals surface area (Å²) in [6, 6.07) is 16.3. The summed E-state index contributed by atoms with van der Waals surface area (Å²) in [5.74, 6) is 1.82. The van der Waals surface area contributed by atoms with Crippen LogP contribution in [0.5, 0.6) is 17.2 Å². The van der Waals surface area contributed by atoms with Crippen molar-refractivity contribution in [2.24, 2.45) is 0 Å². The second-order valence-corrected chi connectivity index (χ2v) is 8.30. The van der Waals surface area contributed by atoms with Crippen molar-refractivity contribution in [2.45, 2.75) is 17.9 Å². The van der Waals surface area contributed by atoms with Crippen LogP contribution in [-0.2, 0) is 16.6 Å². The Morgan fingerprint density at radius 1 is 0.929 bits per heavy atom. The molecule has 1 heterocycles. The number of ether oxygens (including phenoxy) is 3. The smallest absolute Gasteiger partial charge is 0.241 e. The van der Waals surface area contributed by atoms with Gasteiger partial charge >= 0.3 is 0 Å². The summed E-state index contributed by atoms with van der Waals surface area (Å²) in [5.41, 5.74) is 0.871. The number of rotatable bonds is 5. The van der Waals surface area contributed by atoms with Gasteiger partial charge in [-0.1, -0.05) is 18.2 Å². The summed E-state index contributed by atoms with van der Waals surface area (Å²) in [6.45, 7) is 1.26. The van der Waals surface area contributed by atoms with E-state index in [9.17, 15) is 8.42 Å². The third-order valence-corrected chi connectivity index (χ3v) is 6.01. The van der Waals surface area contributed by atoms with Gasteiger partial charge in [-0.2, -0.15) is 0 Å². The van der Waals surface area contributed by atoms with Crippen molar-refractivity contribution in [3.8, 4) is 17.2 Å². The molecule has 0 fully saturated rings. The minimum Gasteiger partial charge on any atom is -0.497 e. The van der Waals surface area contributed by atoms with Gasteiger partial charge in [0.25, 0.3) is 0 Å². The SMILES string of the molecule is COc1ccc2cc(CNS(=O)(=O)c3ccc4c(c3)OCCCO4)ccc2c1. The molecule has 0 atom stereocenters. The Bertz CT molecular complexity index is 1110. The number of nitrogens with one attached hydrogen (secondary N) is 1. The van der Waals surface area contributed by atoms with Crippen LogP contribution in [0, 0.1) is 0 Å². The van der Waals surface area contributed by atoms with Gasteiger partial charge in [0.15, 0.2) is 11.5 Å². The molecule has 3 aromatic carbocycles. The number of methoxy groups -OCH3 is 1. The second-order valence-electron chi connectivity index (χ2n) is 6.53. The van der Waals surface area contributed by atoms with E-state index in [1.807, 2.05) is 36.4 Å². The van der Waals surface area contributed by atoms with Gasteiger partial charge in [-0.15, -0.1) is 0 Å². The van der Waals surface area contributed by atoms with Gasteiger partial charge in [0, 0.05) is 19.0 Å². The first-order chi connectivity index (χ1) is 13.5. The zero-order chi connectivity index (χ0) is 19.6. The summed E-state index contributed by atoms with van der Waals surface area (Å²) < 4.78 is 44.4. The molecule has 6 nitrogen and oxygen atoms in total. The van der Waals surface area contributed by atoms with Gasteiger partial charge in [0.1, 0.15) is 5.75 Å². The lowest BCUT2D eigenvalue weighted by Gasteiger charge is -2.11. The van der Waals surface area contributed by atoms with Crippen LogP contribution in [0.25, 0.3) is 10.8 Å². The highest BCUT2D eigenvalue weighted by molar-refractivity contribution is 7.89. The normalized spacial score (nSPS) is 13.9. The van der Waals surface area contributed by atoms with E-state index in [1.54, 1.807) is 13.2 Å². The minimum atomic E-state index is -3.67. The van der Waals surface area contributed by atoms with Gasteiger partial charge in [-0.3, -0.25) is 0 Å². The maximum atomic E-state index is 12.7. The Morgan fingerprint density at radius 3 is 2.50 bits per heavy atom. The minimum absolute atomic E-state index is 0.155. The fourth-order valence-corrected chi connectivity index (χ4v) is 4.12. The maximum absolute atomic E-state index is 12.7. The Kier molecular flexibility index (Phi) is 5.11. The average Bonchev–Trinajstić information content (AvgIpc) is 2.96. The summed E-state index contributed by atoms with van der Waals surface area (Å²) >= 11 is 0. The molecule has 0 saturated heterocycles. The van der Waals surface area contributed by atoms with Crippen molar-refractivity contribution >= 4 is 20.8 Å². The van der Waals surface area contributed by atoms with E-state index in [0.29, 0.717) is 24.7 Å². The van der Waals surface area contributed by atoms with Crippen LogP contribution < -0.4 is 18.9 Å². The van der Waals surface area contributed by atoms with Crippen molar-refractivity contribution in [2.75, 3.05) is 20.3 Å². The van der Waals surface area contributed by atoms with Crippen LogP contribution in [0.2, 0.25) is 0 Å². The molecule has 4 rings (SSSR count). The fraction of sp³-hybridized carbons (Fsp3) is 0.238. The highest BCUT2D eigenvalue weighted by atomic mass is 32.2. The zero-order valence-electron chi connectivity index (χ0n) is 15.5. The van der Waals surface area contributed by atoms with E-state index in [4.69, 9.17) is 14.2 Å². The maximum Gasteiger partial charge on any atom is 0.241 e. The van der Waals surface area contributed by atoms with Crippen molar-refractivity contribution < 1.29 is 22.6 Å². The predicted octanol–water partition coefficient (Wildman–Crippen LogP) is 3.49. The van der Waals surface area contributed by atoms with Gasteiger partial charge in [0.2, 0.25) is 10.0 Å². The fourth-order valence-electron chi connectivity index (χ4n) is 3.08. The average molecular weight is 399 g/mol. The van der Waals surface area contributed by atoms with E-state index < -0.39 is 10.0 Å². The van der Waals surface area contributed by atoms with Crippen LogP contribution in [-0.4, -0.2) is 28.7 Å². The highest BCUT2D eigenvalue weighted by Gasteiger charge is 2.18. The standard InChI is InChI=1S/C21H21NO5S/c1-25-18-6-5-16-11-15(3-4-17(16)12-18)14-22-28(23,24)19-7-8-20-21(13-19)27-10-2-9-26-20/h3-8,11-13,22H,2,9-10,14H2,1H3. The molecule has 1 aliphatic rings. The molecular weight excluding hydrogens is 378 g/mol. The number of hydrogen-bond acceptors (Lipinski definition) is 5.